The van der Waals surface area contributed by atoms with Crippen LogP contribution < -0.4 is 5.32 Å². The first-order valence-corrected chi connectivity index (χ1v) is 3.58. The average molecular weight is 163 g/mol. The largest absolute Gasteiger partial charge is 0.355 e. The van der Waals surface area contributed by atoms with Crippen molar-refractivity contribution in [1.29, 1.82) is 0 Å². The lowest BCUT2D eigenvalue weighted by molar-refractivity contribution is -0.109. The zero-order valence-electron chi connectivity index (χ0n) is 6.49. The van der Waals surface area contributed by atoms with E-state index in [1.165, 1.54) is 0 Å². The summed E-state index contributed by atoms with van der Waals surface area (Å²) < 4.78 is 0. The fourth-order valence-electron chi connectivity index (χ4n) is 0.936. The zero-order chi connectivity index (χ0) is 8.81. The van der Waals surface area contributed by atoms with Gasteiger partial charge in [0.1, 0.15) is 6.29 Å². The van der Waals surface area contributed by atoms with Crippen LogP contribution in [0.5, 0.6) is 0 Å². The maximum atomic E-state index is 10.3. The summed E-state index contributed by atoms with van der Waals surface area (Å²) in [7, 11) is 0. The lowest BCUT2D eigenvalue weighted by Crippen LogP contribution is -2.09. The van der Waals surface area contributed by atoms with Crippen LogP contribution in [0.3, 0.4) is 0 Å². The van der Waals surface area contributed by atoms with E-state index >= 15 is 0 Å². The number of nitrogens with one attached hydrogen (secondary N) is 1. The Labute approximate surface area is 70.4 Å². The van der Waals surface area contributed by atoms with Gasteiger partial charge in [0.05, 0.1) is 0 Å². The molecular weight excluding hydrogens is 154 g/mol. The smallest absolute Gasteiger partial charge is 0.207 e. The van der Waals surface area contributed by atoms with Gasteiger partial charge in [0.15, 0.2) is 0 Å². The minimum atomic E-state index is 0.463. The fourth-order valence-corrected chi connectivity index (χ4v) is 0.936. The molecule has 62 valence electrons. The van der Waals surface area contributed by atoms with Crippen molar-refractivity contribution in [2.75, 3.05) is 0 Å². The van der Waals surface area contributed by atoms with Crippen LogP contribution in [0.2, 0.25) is 0 Å². The maximum Gasteiger partial charge on any atom is 0.207 e. The molecular formula is C9H9NO2. The third-order valence-corrected chi connectivity index (χ3v) is 1.48. The Balaban J connectivity index is 2.72. The Hall–Kier alpha value is -1.64. The monoisotopic (exact) mass is 163 g/mol. The van der Waals surface area contributed by atoms with Gasteiger partial charge in [-0.15, -0.1) is 0 Å². The molecule has 0 aliphatic heterocycles. The third kappa shape index (κ3) is 2.20. The van der Waals surface area contributed by atoms with Gasteiger partial charge in [0, 0.05) is 12.1 Å². The lowest BCUT2D eigenvalue weighted by Gasteiger charge is -1.99. The predicted octanol–water partition coefficient (Wildman–Crippen LogP) is 0.745. The number of rotatable bonds is 4. The van der Waals surface area contributed by atoms with E-state index < -0.39 is 0 Å². The van der Waals surface area contributed by atoms with E-state index in [-0.39, 0.29) is 0 Å². The van der Waals surface area contributed by atoms with E-state index in [0.29, 0.717) is 18.5 Å². The second-order valence-corrected chi connectivity index (χ2v) is 2.36. The van der Waals surface area contributed by atoms with Gasteiger partial charge in [0.2, 0.25) is 6.41 Å². The van der Waals surface area contributed by atoms with Crippen molar-refractivity contribution in [3.63, 3.8) is 0 Å². The molecule has 0 aromatic heterocycles. The molecule has 0 bridgehead atoms. The standard InChI is InChI=1S/C9H9NO2/c11-6-9-3-1-2-8(4-9)5-10-7-12/h1-4,6-7H,5H2,(H,10,12). The van der Waals surface area contributed by atoms with Gasteiger partial charge in [-0.1, -0.05) is 18.2 Å². The summed E-state index contributed by atoms with van der Waals surface area (Å²) in [4.78, 5) is 20.3. The van der Waals surface area contributed by atoms with E-state index in [1.807, 2.05) is 6.07 Å². The Morgan fingerprint density at radius 1 is 1.33 bits per heavy atom. The molecule has 0 spiro atoms. The highest BCUT2D eigenvalue weighted by atomic mass is 16.1. The van der Waals surface area contributed by atoms with Crippen molar-refractivity contribution >= 4 is 12.7 Å². The number of carbonyl (C=O) groups is 2. The van der Waals surface area contributed by atoms with E-state index in [2.05, 4.69) is 5.32 Å². The van der Waals surface area contributed by atoms with Gasteiger partial charge in [-0.25, -0.2) is 0 Å². The molecule has 0 aliphatic carbocycles. The van der Waals surface area contributed by atoms with Crippen LogP contribution in [0.25, 0.3) is 0 Å². The normalized spacial score (nSPS) is 9.00. The molecule has 0 heterocycles. The van der Waals surface area contributed by atoms with Crippen molar-refractivity contribution in [3.8, 4) is 0 Å². The van der Waals surface area contributed by atoms with Crippen molar-refractivity contribution in [2.24, 2.45) is 0 Å². The first kappa shape index (κ1) is 8.46. The molecule has 12 heavy (non-hydrogen) atoms. The summed E-state index contributed by atoms with van der Waals surface area (Å²) in [6, 6.07) is 7.09. The van der Waals surface area contributed by atoms with Gasteiger partial charge in [-0.05, 0) is 11.6 Å². The van der Waals surface area contributed by atoms with Crippen molar-refractivity contribution in [1.82, 2.24) is 5.32 Å². The number of hydrogen-bond acceptors (Lipinski definition) is 2. The zero-order valence-corrected chi connectivity index (χ0v) is 6.49. The SMILES string of the molecule is O=CNCc1cccc(C=O)c1. The minimum Gasteiger partial charge on any atom is -0.355 e. The van der Waals surface area contributed by atoms with Gasteiger partial charge in [-0.2, -0.15) is 0 Å². The topological polar surface area (TPSA) is 46.2 Å². The molecule has 1 aromatic rings. The van der Waals surface area contributed by atoms with Crippen LogP contribution in [0.4, 0.5) is 0 Å². The molecule has 1 rings (SSSR count). The van der Waals surface area contributed by atoms with E-state index in [0.717, 1.165) is 11.8 Å². The molecule has 0 atom stereocenters. The first-order valence-electron chi connectivity index (χ1n) is 3.58. The van der Waals surface area contributed by atoms with E-state index in [1.54, 1.807) is 18.2 Å². The molecule has 1 amide bonds. The summed E-state index contributed by atoms with van der Waals surface area (Å²) >= 11 is 0. The Bertz CT molecular complexity index is 284. The Kier molecular flexibility index (Phi) is 3.02. The second kappa shape index (κ2) is 4.28. The molecule has 3 heteroatoms. The molecule has 0 unspecified atom stereocenters. The molecule has 0 aliphatic rings. The van der Waals surface area contributed by atoms with Gasteiger partial charge in [0.25, 0.3) is 0 Å². The summed E-state index contributed by atoms with van der Waals surface area (Å²) in [5.41, 5.74) is 1.55. The minimum absolute atomic E-state index is 0.463. The number of carbonyl (C=O) groups excluding carboxylic acids is 2. The second-order valence-electron chi connectivity index (χ2n) is 2.36. The van der Waals surface area contributed by atoms with Gasteiger partial charge in [-0.3, -0.25) is 9.59 Å². The van der Waals surface area contributed by atoms with Crippen molar-refractivity contribution < 1.29 is 9.59 Å². The average Bonchev–Trinajstić information content (AvgIpc) is 2.15. The van der Waals surface area contributed by atoms with Gasteiger partial charge >= 0.3 is 0 Å². The summed E-state index contributed by atoms with van der Waals surface area (Å²) in [6.07, 6.45) is 1.41. The van der Waals surface area contributed by atoms with Crippen LogP contribution in [-0.4, -0.2) is 12.7 Å². The number of amides is 1. The van der Waals surface area contributed by atoms with E-state index in [4.69, 9.17) is 0 Å². The highest BCUT2D eigenvalue weighted by Gasteiger charge is 1.92. The van der Waals surface area contributed by atoms with Crippen LogP contribution in [0, 0.1) is 0 Å². The van der Waals surface area contributed by atoms with E-state index in [9.17, 15) is 9.59 Å². The molecule has 3 nitrogen and oxygen atoms in total. The lowest BCUT2D eigenvalue weighted by atomic mass is 10.1. The summed E-state index contributed by atoms with van der Waals surface area (Å²) in [5.74, 6) is 0. The molecule has 0 saturated carbocycles. The number of hydrogen-bond donors (Lipinski definition) is 1. The number of benzene rings is 1. The van der Waals surface area contributed by atoms with Crippen LogP contribution in [0.1, 0.15) is 15.9 Å². The quantitative estimate of drug-likeness (QED) is 0.665. The Morgan fingerprint density at radius 3 is 2.83 bits per heavy atom. The summed E-state index contributed by atoms with van der Waals surface area (Å²) in [5, 5.41) is 2.52. The molecule has 0 saturated heterocycles. The Morgan fingerprint density at radius 2 is 2.17 bits per heavy atom. The van der Waals surface area contributed by atoms with Crippen molar-refractivity contribution in [2.45, 2.75) is 6.54 Å². The highest BCUT2D eigenvalue weighted by molar-refractivity contribution is 5.74. The number of aldehydes is 1. The van der Waals surface area contributed by atoms with Gasteiger partial charge < -0.3 is 5.32 Å². The molecule has 1 aromatic carbocycles. The summed E-state index contributed by atoms with van der Waals surface area (Å²) in [6.45, 7) is 0.463. The first-order chi connectivity index (χ1) is 5.86. The highest BCUT2D eigenvalue weighted by Crippen LogP contribution is 2.01. The van der Waals surface area contributed by atoms with Crippen LogP contribution in [0.15, 0.2) is 24.3 Å². The molecule has 0 fully saturated rings. The molecule has 0 radical (unpaired) electrons. The third-order valence-electron chi connectivity index (χ3n) is 1.48. The van der Waals surface area contributed by atoms with Crippen molar-refractivity contribution in [3.05, 3.63) is 35.4 Å². The maximum absolute atomic E-state index is 10.3. The van der Waals surface area contributed by atoms with Crippen LogP contribution in [-0.2, 0) is 11.3 Å². The predicted molar refractivity (Wildman–Crippen MR) is 44.7 cm³/mol. The fraction of sp³-hybridized carbons (Fsp3) is 0.111. The van der Waals surface area contributed by atoms with Crippen LogP contribution >= 0.6 is 0 Å². The molecule has 1 N–H and O–H groups in total.